The lowest BCUT2D eigenvalue weighted by atomic mass is 9.97. The van der Waals surface area contributed by atoms with Crippen molar-refractivity contribution >= 4 is 11.3 Å². The summed E-state index contributed by atoms with van der Waals surface area (Å²) in [7, 11) is 1.65. The molecule has 0 aliphatic carbocycles. The van der Waals surface area contributed by atoms with E-state index < -0.39 is 0 Å². The van der Waals surface area contributed by atoms with Crippen LogP contribution in [0.4, 0.5) is 0 Å². The molecule has 1 aliphatic heterocycles. The number of benzene rings is 1. The second-order valence-corrected chi connectivity index (χ2v) is 5.15. The zero-order chi connectivity index (χ0) is 12.5. The van der Waals surface area contributed by atoms with Gasteiger partial charge in [-0.25, -0.2) is 4.98 Å². The number of nitrogens with zero attached hydrogens (tertiary/aromatic N) is 1. The van der Waals surface area contributed by atoms with E-state index in [9.17, 15) is 0 Å². The molecule has 0 amide bonds. The van der Waals surface area contributed by atoms with Crippen LogP contribution in [0.25, 0.3) is 0 Å². The fourth-order valence-corrected chi connectivity index (χ4v) is 2.83. The SMILES string of the molecule is COc1ccc2c(c1)[C@H](N)CC(c1nccs1)O2. The number of thiazole rings is 1. The van der Waals surface area contributed by atoms with Crippen molar-refractivity contribution in [3.63, 3.8) is 0 Å². The maximum Gasteiger partial charge on any atom is 0.152 e. The number of ether oxygens (including phenoxy) is 2. The molecule has 2 heterocycles. The summed E-state index contributed by atoms with van der Waals surface area (Å²) >= 11 is 1.60. The van der Waals surface area contributed by atoms with Crippen molar-refractivity contribution in [2.45, 2.75) is 18.6 Å². The molecule has 4 nitrogen and oxygen atoms in total. The molecule has 3 rings (SSSR count). The Balaban J connectivity index is 1.93. The minimum Gasteiger partial charge on any atom is -0.497 e. The number of fused-ring (bicyclic) bond motifs is 1. The van der Waals surface area contributed by atoms with Crippen molar-refractivity contribution < 1.29 is 9.47 Å². The molecule has 2 N–H and O–H groups in total. The third-order valence-corrected chi connectivity index (χ3v) is 3.95. The number of hydrogen-bond donors (Lipinski definition) is 1. The van der Waals surface area contributed by atoms with E-state index in [0.29, 0.717) is 0 Å². The van der Waals surface area contributed by atoms with E-state index in [1.807, 2.05) is 23.6 Å². The first-order chi connectivity index (χ1) is 8.78. The molecule has 94 valence electrons. The monoisotopic (exact) mass is 262 g/mol. The van der Waals surface area contributed by atoms with Gasteiger partial charge >= 0.3 is 0 Å². The minimum atomic E-state index is -0.0438. The molecule has 0 radical (unpaired) electrons. The van der Waals surface area contributed by atoms with Crippen molar-refractivity contribution in [1.82, 2.24) is 4.98 Å². The average Bonchev–Trinajstić information content (AvgIpc) is 2.92. The van der Waals surface area contributed by atoms with Gasteiger partial charge in [-0.3, -0.25) is 0 Å². The van der Waals surface area contributed by atoms with Gasteiger partial charge in [0.2, 0.25) is 0 Å². The van der Waals surface area contributed by atoms with Crippen LogP contribution >= 0.6 is 11.3 Å². The maximum atomic E-state index is 6.21. The van der Waals surface area contributed by atoms with Gasteiger partial charge in [0, 0.05) is 29.6 Å². The van der Waals surface area contributed by atoms with E-state index in [-0.39, 0.29) is 12.1 Å². The van der Waals surface area contributed by atoms with E-state index in [2.05, 4.69) is 4.98 Å². The third-order valence-electron chi connectivity index (χ3n) is 3.08. The van der Waals surface area contributed by atoms with Crippen molar-refractivity contribution in [2.75, 3.05) is 7.11 Å². The first-order valence-electron chi connectivity index (χ1n) is 5.77. The average molecular weight is 262 g/mol. The smallest absolute Gasteiger partial charge is 0.152 e. The number of methoxy groups -OCH3 is 1. The number of hydrogen-bond acceptors (Lipinski definition) is 5. The van der Waals surface area contributed by atoms with Crippen molar-refractivity contribution in [1.29, 1.82) is 0 Å². The van der Waals surface area contributed by atoms with Gasteiger partial charge in [0.05, 0.1) is 7.11 Å². The Labute approximate surface area is 109 Å². The van der Waals surface area contributed by atoms with Crippen LogP contribution in [0.1, 0.15) is 29.1 Å². The summed E-state index contributed by atoms with van der Waals surface area (Å²) < 4.78 is 11.2. The van der Waals surface area contributed by atoms with E-state index in [1.54, 1.807) is 24.6 Å². The van der Waals surface area contributed by atoms with Crippen LogP contribution in [0.5, 0.6) is 11.5 Å². The molecule has 1 aromatic carbocycles. The molecule has 0 saturated heterocycles. The molecule has 2 aromatic rings. The van der Waals surface area contributed by atoms with Crippen LogP contribution in [0.2, 0.25) is 0 Å². The van der Waals surface area contributed by atoms with Crippen molar-refractivity contribution in [3.8, 4) is 11.5 Å². The zero-order valence-corrected chi connectivity index (χ0v) is 10.8. The predicted octanol–water partition coefficient (Wildman–Crippen LogP) is 2.68. The van der Waals surface area contributed by atoms with Crippen LogP contribution in [-0.2, 0) is 0 Å². The molecule has 0 bridgehead atoms. The van der Waals surface area contributed by atoms with Gasteiger partial charge in [0.25, 0.3) is 0 Å². The lowest BCUT2D eigenvalue weighted by Gasteiger charge is -2.29. The van der Waals surface area contributed by atoms with Gasteiger partial charge in [-0.15, -0.1) is 11.3 Å². The lowest BCUT2D eigenvalue weighted by Crippen LogP contribution is -2.24. The Kier molecular flexibility index (Phi) is 2.93. The molecule has 5 heteroatoms. The largest absolute Gasteiger partial charge is 0.497 e. The van der Waals surface area contributed by atoms with Crippen molar-refractivity contribution in [3.05, 3.63) is 40.3 Å². The van der Waals surface area contributed by atoms with E-state index in [1.165, 1.54) is 0 Å². The summed E-state index contributed by atoms with van der Waals surface area (Å²) in [5.74, 6) is 1.63. The predicted molar refractivity (Wildman–Crippen MR) is 70.0 cm³/mol. The molecule has 1 aliphatic rings. The van der Waals surface area contributed by atoms with Crippen LogP contribution in [-0.4, -0.2) is 12.1 Å². The lowest BCUT2D eigenvalue weighted by molar-refractivity contribution is 0.161. The Morgan fingerprint density at radius 1 is 1.50 bits per heavy atom. The molecular formula is C13H14N2O2S. The molecule has 0 saturated carbocycles. The first-order valence-corrected chi connectivity index (χ1v) is 6.65. The fraction of sp³-hybridized carbons (Fsp3) is 0.308. The fourth-order valence-electron chi connectivity index (χ4n) is 2.15. The van der Waals surface area contributed by atoms with Gasteiger partial charge in [-0.2, -0.15) is 0 Å². The van der Waals surface area contributed by atoms with Crippen LogP contribution in [0, 0.1) is 0 Å². The Morgan fingerprint density at radius 2 is 2.39 bits per heavy atom. The highest BCUT2D eigenvalue weighted by molar-refractivity contribution is 7.09. The van der Waals surface area contributed by atoms with Gasteiger partial charge in [0.15, 0.2) is 6.10 Å². The van der Waals surface area contributed by atoms with Crippen LogP contribution in [0.3, 0.4) is 0 Å². The molecular weight excluding hydrogens is 248 g/mol. The Hall–Kier alpha value is -1.59. The summed E-state index contributed by atoms with van der Waals surface area (Å²) in [5.41, 5.74) is 7.21. The van der Waals surface area contributed by atoms with Crippen LogP contribution in [0.15, 0.2) is 29.8 Å². The zero-order valence-electron chi connectivity index (χ0n) is 10.00. The molecule has 1 aromatic heterocycles. The second-order valence-electron chi connectivity index (χ2n) is 4.22. The first kappa shape index (κ1) is 11.5. The standard InChI is InChI=1S/C13H14N2O2S/c1-16-8-2-3-11-9(6-8)10(14)7-12(17-11)13-15-4-5-18-13/h2-6,10,12H,7,14H2,1H3/t10-,12?/m1/s1. The number of nitrogens with two attached hydrogens (primary N) is 1. The summed E-state index contributed by atoms with van der Waals surface area (Å²) in [5, 5.41) is 2.93. The highest BCUT2D eigenvalue weighted by Crippen LogP contribution is 2.41. The molecule has 18 heavy (non-hydrogen) atoms. The Bertz CT molecular complexity index is 542. The van der Waals surface area contributed by atoms with E-state index in [0.717, 1.165) is 28.5 Å². The third kappa shape index (κ3) is 1.95. The number of aromatic nitrogens is 1. The van der Waals surface area contributed by atoms with Gasteiger partial charge in [-0.05, 0) is 18.2 Å². The topological polar surface area (TPSA) is 57.4 Å². The minimum absolute atomic E-state index is 0.0408. The summed E-state index contributed by atoms with van der Waals surface area (Å²) in [6, 6.07) is 5.69. The highest BCUT2D eigenvalue weighted by Gasteiger charge is 2.28. The highest BCUT2D eigenvalue weighted by atomic mass is 32.1. The van der Waals surface area contributed by atoms with Crippen molar-refractivity contribution in [2.24, 2.45) is 5.73 Å². The van der Waals surface area contributed by atoms with E-state index >= 15 is 0 Å². The molecule has 2 atom stereocenters. The normalized spacial score (nSPS) is 22.1. The quantitative estimate of drug-likeness (QED) is 0.904. The maximum absolute atomic E-state index is 6.21. The van der Waals surface area contributed by atoms with Gasteiger partial charge in [-0.1, -0.05) is 0 Å². The van der Waals surface area contributed by atoms with Gasteiger partial charge < -0.3 is 15.2 Å². The number of rotatable bonds is 2. The van der Waals surface area contributed by atoms with Gasteiger partial charge in [0.1, 0.15) is 16.5 Å². The van der Waals surface area contributed by atoms with E-state index in [4.69, 9.17) is 15.2 Å². The van der Waals surface area contributed by atoms with Crippen LogP contribution < -0.4 is 15.2 Å². The molecule has 0 spiro atoms. The molecule has 1 unspecified atom stereocenters. The summed E-state index contributed by atoms with van der Waals surface area (Å²) in [6.45, 7) is 0. The Morgan fingerprint density at radius 3 is 3.11 bits per heavy atom. The second kappa shape index (κ2) is 4.59. The summed E-state index contributed by atoms with van der Waals surface area (Å²) in [4.78, 5) is 4.29. The molecule has 0 fully saturated rings. The summed E-state index contributed by atoms with van der Waals surface area (Å²) in [6.07, 6.45) is 2.49.